The van der Waals surface area contributed by atoms with Gasteiger partial charge in [-0.15, -0.1) is 10.2 Å². The van der Waals surface area contributed by atoms with Gasteiger partial charge < -0.3 is 11.1 Å². The summed E-state index contributed by atoms with van der Waals surface area (Å²) in [5, 5.41) is 13.0. The number of nitrogens with zero attached hydrogens (tertiary/aromatic N) is 3. The lowest BCUT2D eigenvalue weighted by molar-refractivity contribution is 0.0949. The maximum absolute atomic E-state index is 12.3. The van der Waals surface area contributed by atoms with Crippen LogP contribution < -0.4 is 11.1 Å². The van der Waals surface area contributed by atoms with Crippen LogP contribution >= 0.6 is 0 Å². The zero-order valence-corrected chi connectivity index (χ0v) is 14.9. The Morgan fingerprint density at radius 2 is 2.00 bits per heavy atom. The number of carbonyl (C=O) groups is 1. The number of benzene rings is 2. The highest BCUT2D eigenvalue weighted by Gasteiger charge is 2.17. The van der Waals surface area contributed by atoms with E-state index >= 15 is 0 Å². The Morgan fingerprint density at radius 1 is 1.11 bits per heavy atom. The summed E-state index contributed by atoms with van der Waals surface area (Å²) in [7, 11) is 0. The molecule has 0 aliphatic heterocycles. The number of anilines is 1. The Kier molecular flexibility index (Phi) is 4.38. The van der Waals surface area contributed by atoms with Crippen molar-refractivity contribution in [2.75, 3.05) is 12.3 Å². The third-order valence-electron chi connectivity index (χ3n) is 4.50. The van der Waals surface area contributed by atoms with Crippen molar-refractivity contribution in [2.45, 2.75) is 13.3 Å². The van der Waals surface area contributed by atoms with Crippen LogP contribution in [0.3, 0.4) is 0 Å². The summed E-state index contributed by atoms with van der Waals surface area (Å²) in [6.45, 7) is 2.56. The fraction of sp³-hybridized carbons (Fsp3) is 0.143. The molecule has 2 aromatic heterocycles. The van der Waals surface area contributed by atoms with Crippen molar-refractivity contribution in [2.24, 2.45) is 0 Å². The molecule has 0 saturated heterocycles. The molecule has 0 unspecified atom stereocenters. The predicted molar refractivity (Wildman–Crippen MR) is 107 cm³/mol. The van der Waals surface area contributed by atoms with Crippen molar-refractivity contribution in [3.63, 3.8) is 0 Å². The van der Waals surface area contributed by atoms with Crippen LogP contribution in [0.4, 0.5) is 5.69 Å². The zero-order chi connectivity index (χ0) is 18.8. The lowest BCUT2D eigenvalue weighted by Gasteiger charge is -2.11. The van der Waals surface area contributed by atoms with Crippen molar-refractivity contribution >= 4 is 33.4 Å². The molecule has 0 bridgehead atoms. The van der Waals surface area contributed by atoms with E-state index in [1.165, 1.54) is 0 Å². The molecular formula is C21H19N5O. The van der Waals surface area contributed by atoms with Crippen LogP contribution in [0.25, 0.3) is 32.9 Å². The maximum atomic E-state index is 12.3. The van der Waals surface area contributed by atoms with Crippen LogP contribution in [0.15, 0.2) is 54.7 Å². The SMILES string of the molecule is CCCNC(=O)c1nnc2c(-c3ccc4ncccc4c3)cccc2c1N. The van der Waals surface area contributed by atoms with Crippen molar-refractivity contribution in [3.05, 3.63) is 60.4 Å². The number of hydrogen-bond donors (Lipinski definition) is 2. The quantitative estimate of drug-likeness (QED) is 0.582. The summed E-state index contributed by atoms with van der Waals surface area (Å²) in [5.41, 5.74) is 10.3. The van der Waals surface area contributed by atoms with Crippen LogP contribution in [0.1, 0.15) is 23.8 Å². The molecule has 134 valence electrons. The van der Waals surface area contributed by atoms with E-state index in [4.69, 9.17) is 5.73 Å². The largest absolute Gasteiger partial charge is 0.396 e. The maximum Gasteiger partial charge on any atom is 0.273 e. The molecule has 4 rings (SSSR count). The summed E-state index contributed by atoms with van der Waals surface area (Å²) in [4.78, 5) is 16.6. The summed E-state index contributed by atoms with van der Waals surface area (Å²) in [5.74, 6) is -0.300. The van der Waals surface area contributed by atoms with E-state index in [0.29, 0.717) is 17.7 Å². The second kappa shape index (κ2) is 6.99. The average molecular weight is 357 g/mol. The Hall–Kier alpha value is -3.54. The smallest absolute Gasteiger partial charge is 0.273 e. The number of pyridine rings is 1. The van der Waals surface area contributed by atoms with Crippen LogP contribution in [0.2, 0.25) is 0 Å². The number of nitrogen functional groups attached to an aromatic ring is 1. The summed E-state index contributed by atoms with van der Waals surface area (Å²) >= 11 is 0. The first kappa shape index (κ1) is 16.9. The van der Waals surface area contributed by atoms with Gasteiger partial charge in [-0.25, -0.2) is 0 Å². The van der Waals surface area contributed by atoms with Gasteiger partial charge in [-0.3, -0.25) is 9.78 Å². The predicted octanol–water partition coefficient (Wildman–Crippen LogP) is 3.57. The standard InChI is InChI=1S/C21H19N5O/c1-2-10-24-21(27)20-18(22)16-7-3-6-15(19(16)25-26-20)13-8-9-17-14(12-13)5-4-11-23-17/h3-9,11-12H,2,10H2,1H3,(H2,22,25)(H,24,27). The highest BCUT2D eigenvalue weighted by Crippen LogP contribution is 2.32. The van der Waals surface area contributed by atoms with E-state index < -0.39 is 0 Å². The van der Waals surface area contributed by atoms with E-state index in [2.05, 4.69) is 26.6 Å². The van der Waals surface area contributed by atoms with Crippen molar-refractivity contribution < 1.29 is 4.79 Å². The summed E-state index contributed by atoms with van der Waals surface area (Å²) in [6.07, 6.45) is 2.62. The van der Waals surface area contributed by atoms with E-state index in [1.807, 2.05) is 49.4 Å². The van der Waals surface area contributed by atoms with Gasteiger partial charge in [0, 0.05) is 29.1 Å². The molecule has 2 aromatic carbocycles. The molecule has 3 N–H and O–H groups in total. The van der Waals surface area contributed by atoms with Crippen LogP contribution in [-0.4, -0.2) is 27.6 Å². The number of aromatic nitrogens is 3. The molecule has 2 heterocycles. The van der Waals surface area contributed by atoms with Gasteiger partial charge in [0.15, 0.2) is 5.69 Å². The topological polar surface area (TPSA) is 93.8 Å². The minimum atomic E-state index is -0.300. The van der Waals surface area contributed by atoms with Crippen molar-refractivity contribution in [1.29, 1.82) is 0 Å². The minimum Gasteiger partial charge on any atom is -0.396 e. The number of rotatable bonds is 4. The molecule has 0 atom stereocenters. The minimum absolute atomic E-state index is 0.163. The van der Waals surface area contributed by atoms with Gasteiger partial charge in [0.1, 0.15) is 5.52 Å². The molecule has 0 saturated carbocycles. The zero-order valence-electron chi connectivity index (χ0n) is 14.9. The average Bonchev–Trinajstić information content (AvgIpc) is 2.71. The Morgan fingerprint density at radius 3 is 2.85 bits per heavy atom. The molecule has 4 aromatic rings. The second-order valence-corrected chi connectivity index (χ2v) is 6.33. The van der Waals surface area contributed by atoms with E-state index in [0.717, 1.165) is 33.8 Å². The highest BCUT2D eigenvalue weighted by molar-refractivity contribution is 6.07. The van der Waals surface area contributed by atoms with Gasteiger partial charge in [-0.1, -0.05) is 37.3 Å². The number of amides is 1. The summed E-state index contributed by atoms with van der Waals surface area (Å²) in [6, 6.07) is 15.7. The van der Waals surface area contributed by atoms with E-state index in [1.54, 1.807) is 6.20 Å². The molecular weight excluding hydrogens is 338 g/mol. The first-order chi connectivity index (χ1) is 13.2. The van der Waals surface area contributed by atoms with Gasteiger partial charge in [0.2, 0.25) is 0 Å². The monoisotopic (exact) mass is 357 g/mol. The number of carbonyl (C=O) groups excluding carboxylic acids is 1. The van der Waals surface area contributed by atoms with Crippen molar-refractivity contribution in [3.8, 4) is 11.1 Å². The Labute approximate surface area is 156 Å². The van der Waals surface area contributed by atoms with Gasteiger partial charge in [-0.05, 0) is 30.2 Å². The molecule has 0 aliphatic carbocycles. The van der Waals surface area contributed by atoms with Crippen LogP contribution in [-0.2, 0) is 0 Å². The molecule has 0 fully saturated rings. The first-order valence-corrected chi connectivity index (χ1v) is 8.87. The molecule has 6 heteroatoms. The molecule has 0 spiro atoms. The van der Waals surface area contributed by atoms with Gasteiger partial charge in [0.25, 0.3) is 5.91 Å². The van der Waals surface area contributed by atoms with Crippen LogP contribution in [0, 0.1) is 0 Å². The molecule has 0 aliphatic rings. The normalized spacial score (nSPS) is 11.0. The van der Waals surface area contributed by atoms with Crippen LogP contribution in [0.5, 0.6) is 0 Å². The molecule has 0 radical (unpaired) electrons. The van der Waals surface area contributed by atoms with Gasteiger partial charge in [0.05, 0.1) is 11.2 Å². The third-order valence-corrected chi connectivity index (χ3v) is 4.50. The molecule has 6 nitrogen and oxygen atoms in total. The molecule has 27 heavy (non-hydrogen) atoms. The number of nitrogens with one attached hydrogen (secondary N) is 1. The fourth-order valence-electron chi connectivity index (χ4n) is 3.12. The van der Waals surface area contributed by atoms with Gasteiger partial charge in [-0.2, -0.15) is 0 Å². The second-order valence-electron chi connectivity index (χ2n) is 6.33. The van der Waals surface area contributed by atoms with Gasteiger partial charge >= 0.3 is 0 Å². The first-order valence-electron chi connectivity index (χ1n) is 8.87. The van der Waals surface area contributed by atoms with E-state index in [-0.39, 0.29) is 11.6 Å². The number of fused-ring (bicyclic) bond motifs is 2. The third kappa shape index (κ3) is 3.06. The van der Waals surface area contributed by atoms with E-state index in [9.17, 15) is 4.79 Å². The van der Waals surface area contributed by atoms with Crippen molar-refractivity contribution in [1.82, 2.24) is 20.5 Å². The lowest BCUT2D eigenvalue weighted by Crippen LogP contribution is -2.26. The fourth-order valence-corrected chi connectivity index (χ4v) is 3.12. The Bertz CT molecular complexity index is 1160. The molecule has 1 amide bonds. The summed E-state index contributed by atoms with van der Waals surface area (Å²) < 4.78 is 0. The lowest BCUT2D eigenvalue weighted by atomic mass is 9.99. The number of nitrogens with two attached hydrogens (primary N) is 1. The highest BCUT2D eigenvalue weighted by atomic mass is 16.1. The number of hydrogen-bond acceptors (Lipinski definition) is 5. The Balaban J connectivity index is 1.84.